The summed E-state index contributed by atoms with van der Waals surface area (Å²) in [6.45, 7) is 1.32. The predicted octanol–water partition coefficient (Wildman–Crippen LogP) is 1.35. The van der Waals surface area contributed by atoms with Gasteiger partial charge in [0, 0.05) is 31.4 Å². The highest BCUT2D eigenvalue weighted by molar-refractivity contribution is 4.94. The fraction of sp³-hybridized carbons (Fsp3) is 0.700. The Hall–Kier alpha value is -1.08. The van der Waals surface area contributed by atoms with Crippen LogP contribution in [-0.2, 0) is 17.7 Å². The van der Waals surface area contributed by atoms with Gasteiger partial charge in [0.1, 0.15) is 12.4 Å². The highest BCUT2D eigenvalue weighted by Crippen LogP contribution is 2.14. The number of aromatic nitrogens is 2. The highest BCUT2D eigenvalue weighted by Gasteiger charge is 2.27. The molecule has 7 heteroatoms. The van der Waals surface area contributed by atoms with Crippen LogP contribution in [0.2, 0.25) is 0 Å². The molecule has 1 aromatic heterocycles. The summed E-state index contributed by atoms with van der Waals surface area (Å²) < 4.78 is 41.8. The number of imidazole rings is 1. The van der Waals surface area contributed by atoms with Gasteiger partial charge in [-0.3, -0.25) is 0 Å². The van der Waals surface area contributed by atoms with Crippen molar-refractivity contribution in [2.45, 2.75) is 32.1 Å². The lowest BCUT2D eigenvalue weighted by molar-refractivity contribution is -0.174. The van der Waals surface area contributed by atoms with Crippen molar-refractivity contribution in [3.63, 3.8) is 0 Å². The Morgan fingerprint density at radius 3 is 2.82 bits per heavy atom. The minimum atomic E-state index is -4.30. The van der Waals surface area contributed by atoms with Crippen LogP contribution in [0.1, 0.15) is 12.7 Å². The predicted molar refractivity (Wildman–Crippen MR) is 56.5 cm³/mol. The lowest BCUT2D eigenvalue weighted by atomic mass is 10.2. The topological polar surface area (TPSA) is 53.1 Å². The van der Waals surface area contributed by atoms with Crippen molar-refractivity contribution >= 4 is 0 Å². The highest BCUT2D eigenvalue weighted by atomic mass is 19.4. The fourth-order valence-electron chi connectivity index (χ4n) is 1.44. The van der Waals surface area contributed by atoms with E-state index in [1.54, 1.807) is 12.4 Å². The van der Waals surface area contributed by atoms with E-state index in [9.17, 15) is 13.2 Å². The zero-order valence-corrected chi connectivity index (χ0v) is 9.57. The summed E-state index contributed by atoms with van der Waals surface area (Å²) in [7, 11) is 0. The molecule has 0 amide bonds. The summed E-state index contributed by atoms with van der Waals surface area (Å²) in [5.74, 6) is 0.760. The lowest BCUT2D eigenvalue weighted by Crippen LogP contribution is -2.32. The van der Waals surface area contributed by atoms with E-state index < -0.39 is 18.8 Å². The molecule has 2 N–H and O–H groups in total. The molecule has 0 aromatic carbocycles. The summed E-state index contributed by atoms with van der Waals surface area (Å²) in [5.41, 5.74) is 5.67. The third-order valence-electron chi connectivity index (χ3n) is 2.18. The third-order valence-corrected chi connectivity index (χ3v) is 2.18. The number of alkyl halides is 3. The molecule has 1 unspecified atom stereocenters. The van der Waals surface area contributed by atoms with Gasteiger partial charge in [0.05, 0.1) is 6.61 Å². The molecule has 4 nitrogen and oxygen atoms in total. The monoisotopic (exact) mass is 251 g/mol. The Kier molecular flexibility index (Phi) is 4.95. The van der Waals surface area contributed by atoms with Crippen molar-refractivity contribution in [3.05, 3.63) is 18.2 Å². The van der Waals surface area contributed by atoms with Crippen LogP contribution < -0.4 is 5.73 Å². The van der Waals surface area contributed by atoms with Gasteiger partial charge in [-0.05, 0) is 6.92 Å². The molecule has 0 saturated carbocycles. The minimum absolute atomic E-state index is 0.129. The second kappa shape index (κ2) is 6.02. The average molecular weight is 251 g/mol. The zero-order valence-electron chi connectivity index (χ0n) is 9.57. The maximum atomic E-state index is 11.8. The summed E-state index contributed by atoms with van der Waals surface area (Å²) in [6, 6.07) is -0.481. The molecule has 0 bridgehead atoms. The molecule has 0 fully saturated rings. The molecular weight excluding hydrogens is 235 g/mol. The SMILES string of the molecule is CCn1ccnc1CC(N)COCC(F)(F)F. The van der Waals surface area contributed by atoms with Crippen molar-refractivity contribution in [1.82, 2.24) is 9.55 Å². The van der Waals surface area contributed by atoms with E-state index in [4.69, 9.17) is 5.73 Å². The summed E-state index contributed by atoms with van der Waals surface area (Å²) in [4.78, 5) is 4.09. The number of nitrogens with zero attached hydrogens (tertiary/aromatic N) is 2. The number of hydrogen-bond acceptors (Lipinski definition) is 3. The molecule has 0 aliphatic rings. The first-order chi connectivity index (χ1) is 7.92. The second-order valence-corrected chi connectivity index (χ2v) is 3.72. The number of ether oxygens (including phenoxy) is 1. The van der Waals surface area contributed by atoms with Crippen LogP contribution in [0.25, 0.3) is 0 Å². The Morgan fingerprint density at radius 2 is 2.24 bits per heavy atom. The second-order valence-electron chi connectivity index (χ2n) is 3.72. The smallest absolute Gasteiger partial charge is 0.370 e. The van der Waals surface area contributed by atoms with Crippen LogP contribution in [-0.4, -0.2) is 35.0 Å². The van der Waals surface area contributed by atoms with Gasteiger partial charge in [-0.1, -0.05) is 0 Å². The van der Waals surface area contributed by atoms with E-state index in [-0.39, 0.29) is 6.61 Å². The van der Waals surface area contributed by atoms with Gasteiger partial charge in [0.25, 0.3) is 0 Å². The van der Waals surface area contributed by atoms with Crippen molar-refractivity contribution < 1.29 is 17.9 Å². The fourth-order valence-corrected chi connectivity index (χ4v) is 1.44. The normalized spacial score (nSPS) is 13.9. The van der Waals surface area contributed by atoms with Crippen LogP contribution in [0, 0.1) is 0 Å². The van der Waals surface area contributed by atoms with Gasteiger partial charge >= 0.3 is 6.18 Å². The van der Waals surface area contributed by atoms with Crippen LogP contribution in [0.15, 0.2) is 12.4 Å². The van der Waals surface area contributed by atoms with Gasteiger partial charge in [0.15, 0.2) is 0 Å². The van der Waals surface area contributed by atoms with E-state index in [0.717, 1.165) is 12.4 Å². The van der Waals surface area contributed by atoms with Gasteiger partial charge in [-0.25, -0.2) is 4.98 Å². The first-order valence-corrected chi connectivity index (χ1v) is 5.32. The van der Waals surface area contributed by atoms with E-state index in [1.807, 2.05) is 11.5 Å². The molecule has 0 saturated heterocycles. The van der Waals surface area contributed by atoms with Crippen molar-refractivity contribution in [2.75, 3.05) is 13.2 Å². The van der Waals surface area contributed by atoms with Gasteiger partial charge in [0.2, 0.25) is 0 Å². The lowest BCUT2D eigenvalue weighted by Gasteiger charge is -2.13. The number of nitrogens with two attached hydrogens (primary N) is 1. The van der Waals surface area contributed by atoms with Crippen molar-refractivity contribution in [2.24, 2.45) is 5.73 Å². The Labute approximate surface area is 97.6 Å². The molecule has 0 aliphatic heterocycles. The molecule has 1 heterocycles. The molecule has 1 aromatic rings. The van der Waals surface area contributed by atoms with Crippen molar-refractivity contribution in [1.29, 1.82) is 0 Å². The molecule has 1 rings (SSSR count). The summed E-state index contributed by atoms with van der Waals surface area (Å²) >= 11 is 0. The number of aryl methyl sites for hydroxylation is 1. The molecule has 98 valence electrons. The molecule has 1 atom stereocenters. The molecular formula is C10H16F3N3O. The quantitative estimate of drug-likeness (QED) is 0.830. The summed E-state index contributed by atoms with van der Waals surface area (Å²) in [6.07, 6.45) is -0.457. The average Bonchev–Trinajstić information content (AvgIpc) is 2.63. The third kappa shape index (κ3) is 5.18. The van der Waals surface area contributed by atoms with Gasteiger partial charge in [-0.15, -0.1) is 0 Å². The zero-order chi connectivity index (χ0) is 12.9. The Bertz CT molecular complexity index is 338. The molecule has 0 spiro atoms. The van der Waals surface area contributed by atoms with Crippen LogP contribution in [0.3, 0.4) is 0 Å². The van der Waals surface area contributed by atoms with Crippen molar-refractivity contribution in [3.8, 4) is 0 Å². The van der Waals surface area contributed by atoms with E-state index >= 15 is 0 Å². The number of hydrogen-bond donors (Lipinski definition) is 1. The minimum Gasteiger partial charge on any atom is -0.370 e. The first kappa shape index (κ1) is 14.0. The largest absolute Gasteiger partial charge is 0.411 e. The maximum absolute atomic E-state index is 11.8. The Balaban J connectivity index is 2.32. The van der Waals surface area contributed by atoms with E-state index in [1.165, 1.54) is 0 Å². The van der Waals surface area contributed by atoms with Crippen LogP contribution >= 0.6 is 0 Å². The van der Waals surface area contributed by atoms with E-state index in [2.05, 4.69) is 9.72 Å². The number of halogens is 3. The molecule has 0 aliphatic carbocycles. The summed E-state index contributed by atoms with van der Waals surface area (Å²) in [5, 5.41) is 0. The maximum Gasteiger partial charge on any atom is 0.411 e. The van der Waals surface area contributed by atoms with Crippen LogP contribution in [0.5, 0.6) is 0 Å². The molecule has 17 heavy (non-hydrogen) atoms. The van der Waals surface area contributed by atoms with E-state index in [0.29, 0.717) is 6.42 Å². The van der Waals surface area contributed by atoms with Gasteiger partial charge < -0.3 is 15.0 Å². The first-order valence-electron chi connectivity index (χ1n) is 5.32. The van der Waals surface area contributed by atoms with Crippen LogP contribution in [0.4, 0.5) is 13.2 Å². The standard InChI is InChI=1S/C10H16F3N3O/c1-2-16-4-3-15-9(16)5-8(14)6-17-7-10(11,12)13/h3-4,8H,2,5-7,14H2,1H3. The number of rotatable bonds is 6. The Morgan fingerprint density at radius 1 is 1.53 bits per heavy atom. The van der Waals surface area contributed by atoms with Gasteiger partial charge in [-0.2, -0.15) is 13.2 Å². The molecule has 0 radical (unpaired) electrons.